The van der Waals surface area contributed by atoms with E-state index >= 15 is 0 Å². The molecule has 0 saturated heterocycles. The summed E-state index contributed by atoms with van der Waals surface area (Å²) < 4.78 is 6.25. The minimum Gasteiger partial charge on any atom is -0.477 e. The lowest BCUT2D eigenvalue weighted by Gasteiger charge is -2.01. The smallest absolute Gasteiger partial charge is 0.346 e. The first kappa shape index (κ1) is 11.1. The summed E-state index contributed by atoms with van der Waals surface area (Å²) in [6.45, 7) is 0. The third-order valence-corrected chi connectivity index (χ3v) is 3.03. The fraction of sp³-hybridized carbons (Fsp3) is 0. The maximum atomic E-state index is 10.7. The van der Waals surface area contributed by atoms with Crippen LogP contribution < -0.4 is 4.74 Å². The number of hydrogen-bond acceptors (Lipinski definition) is 4. The molecule has 2 rings (SSSR count). The van der Waals surface area contributed by atoms with Crippen molar-refractivity contribution in [2.24, 2.45) is 0 Å². The van der Waals surface area contributed by atoms with Gasteiger partial charge in [-0.15, -0.1) is 11.3 Å². The molecule has 1 N–H and O–H groups in total. The van der Waals surface area contributed by atoms with Crippen LogP contribution in [0.1, 0.15) is 9.67 Å². The number of aromatic carboxylic acids is 1. The van der Waals surface area contributed by atoms with Crippen LogP contribution in [0.3, 0.4) is 0 Å². The van der Waals surface area contributed by atoms with Crippen LogP contribution in [0.25, 0.3) is 0 Å². The van der Waals surface area contributed by atoms with Gasteiger partial charge in [0.15, 0.2) is 0 Å². The van der Waals surface area contributed by atoms with E-state index in [4.69, 9.17) is 9.84 Å². The van der Waals surface area contributed by atoms with Crippen LogP contribution in [0.15, 0.2) is 34.4 Å². The maximum absolute atomic E-state index is 10.7. The summed E-state index contributed by atoms with van der Waals surface area (Å²) in [5, 5.41) is 10.4. The molecule has 0 fully saturated rings. The maximum Gasteiger partial charge on any atom is 0.346 e. The predicted octanol–water partition coefficient (Wildman–Crippen LogP) is 3.40. The molecule has 0 aliphatic carbocycles. The molecule has 0 unspecified atom stereocenters. The van der Waals surface area contributed by atoms with Crippen LogP contribution in [0, 0.1) is 0 Å². The monoisotopic (exact) mass is 299 g/mol. The van der Waals surface area contributed by atoms with Crippen molar-refractivity contribution in [3.63, 3.8) is 0 Å². The summed E-state index contributed by atoms with van der Waals surface area (Å²) in [6.07, 6.45) is 3.20. The lowest BCUT2D eigenvalue weighted by Crippen LogP contribution is -1.90. The molecular formula is C10H6BrNO3S. The highest BCUT2D eigenvalue weighted by atomic mass is 79.9. The average molecular weight is 300 g/mol. The molecule has 0 amide bonds. The lowest BCUT2D eigenvalue weighted by molar-refractivity contribution is 0.0702. The molecule has 0 atom stereocenters. The highest BCUT2D eigenvalue weighted by Crippen LogP contribution is 2.27. The van der Waals surface area contributed by atoms with Gasteiger partial charge in [0, 0.05) is 22.1 Å². The van der Waals surface area contributed by atoms with Crippen LogP contribution in [-0.4, -0.2) is 16.1 Å². The molecule has 4 nitrogen and oxygen atoms in total. The molecule has 82 valence electrons. The molecule has 6 heteroatoms. The van der Waals surface area contributed by atoms with Crippen molar-refractivity contribution in [1.29, 1.82) is 0 Å². The topological polar surface area (TPSA) is 59.4 Å². The molecular weight excluding hydrogens is 294 g/mol. The Hall–Kier alpha value is -1.40. The van der Waals surface area contributed by atoms with Gasteiger partial charge in [-0.2, -0.15) is 0 Å². The summed E-state index contributed by atoms with van der Waals surface area (Å²) in [4.78, 5) is 14.8. The van der Waals surface area contributed by atoms with Gasteiger partial charge in [-0.25, -0.2) is 4.79 Å². The Labute approximate surface area is 104 Å². The number of halogens is 1. The molecule has 0 aliphatic rings. The largest absolute Gasteiger partial charge is 0.477 e. The molecule has 0 spiro atoms. The minimum atomic E-state index is -0.952. The molecule has 0 saturated carbocycles. The van der Waals surface area contributed by atoms with Gasteiger partial charge < -0.3 is 9.84 Å². The number of pyridine rings is 1. The number of aromatic nitrogens is 1. The van der Waals surface area contributed by atoms with E-state index in [1.807, 2.05) is 0 Å². The van der Waals surface area contributed by atoms with Crippen LogP contribution in [0.2, 0.25) is 0 Å². The van der Waals surface area contributed by atoms with Crippen LogP contribution in [-0.2, 0) is 0 Å². The second-order valence-corrected chi connectivity index (χ2v) is 4.72. The molecule has 16 heavy (non-hydrogen) atoms. The Kier molecular flexibility index (Phi) is 3.21. The second-order valence-electron chi connectivity index (χ2n) is 2.89. The van der Waals surface area contributed by atoms with Gasteiger partial charge in [-0.3, -0.25) is 4.98 Å². The van der Waals surface area contributed by atoms with Crippen molar-refractivity contribution in [3.05, 3.63) is 39.3 Å². The molecule has 2 aromatic heterocycles. The average Bonchev–Trinajstić information content (AvgIpc) is 2.66. The Morgan fingerprint density at radius 1 is 1.38 bits per heavy atom. The molecule has 0 radical (unpaired) electrons. The fourth-order valence-corrected chi connectivity index (χ4v) is 2.06. The standard InChI is InChI=1S/C10H6BrNO3S/c11-6-1-7(4-12-3-6)15-8-2-9(10(13)14)16-5-8/h1-5H,(H,13,14). The first-order chi connectivity index (χ1) is 7.65. The Morgan fingerprint density at radius 2 is 2.19 bits per heavy atom. The summed E-state index contributed by atoms with van der Waals surface area (Å²) >= 11 is 4.39. The van der Waals surface area contributed by atoms with Crippen molar-refractivity contribution in [3.8, 4) is 11.5 Å². The molecule has 0 aliphatic heterocycles. The van der Waals surface area contributed by atoms with E-state index in [1.54, 1.807) is 23.8 Å². The number of nitrogens with zero attached hydrogens (tertiary/aromatic N) is 1. The van der Waals surface area contributed by atoms with E-state index in [1.165, 1.54) is 6.07 Å². The number of carbonyl (C=O) groups is 1. The van der Waals surface area contributed by atoms with Gasteiger partial charge in [-0.1, -0.05) is 0 Å². The lowest BCUT2D eigenvalue weighted by atomic mass is 10.4. The number of carboxylic acids is 1. The first-order valence-corrected chi connectivity index (χ1v) is 5.92. The van der Waals surface area contributed by atoms with Gasteiger partial charge in [0.2, 0.25) is 0 Å². The zero-order chi connectivity index (χ0) is 11.5. The highest BCUT2D eigenvalue weighted by molar-refractivity contribution is 9.10. The van der Waals surface area contributed by atoms with Crippen molar-refractivity contribution >= 4 is 33.2 Å². The van der Waals surface area contributed by atoms with Crippen molar-refractivity contribution in [1.82, 2.24) is 4.98 Å². The molecule has 2 aromatic rings. The van der Waals surface area contributed by atoms with E-state index in [9.17, 15) is 4.79 Å². The summed E-state index contributed by atoms with van der Waals surface area (Å²) in [5.74, 6) is 0.110. The van der Waals surface area contributed by atoms with E-state index in [0.29, 0.717) is 11.5 Å². The summed E-state index contributed by atoms with van der Waals surface area (Å²) in [6, 6.07) is 3.24. The van der Waals surface area contributed by atoms with Gasteiger partial charge >= 0.3 is 5.97 Å². The normalized spacial score (nSPS) is 10.1. The zero-order valence-corrected chi connectivity index (χ0v) is 10.3. The molecule has 0 aromatic carbocycles. The van der Waals surface area contributed by atoms with Crippen molar-refractivity contribution in [2.45, 2.75) is 0 Å². The Bertz CT molecular complexity index is 526. The second kappa shape index (κ2) is 4.63. The predicted molar refractivity (Wildman–Crippen MR) is 63.3 cm³/mol. The summed E-state index contributed by atoms with van der Waals surface area (Å²) in [7, 11) is 0. The van der Waals surface area contributed by atoms with Gasteiger partial charge in [0.25, 0.3) is 0 Å². The van der Waals surface area contributed by atoms with Crippen LogP contribution >= 0.6 is 27.3 Å². The number of ether oxygens (including phenoxy) is 1. The van der Waals surface area contributed by atoms with Crippen LogP contribution in [0.4, 0.5) is 0 Å². The molecule has 0 bridgehead atoms. The highest BCUT2D eigenvalue weighted by Gasteiger charge is 2.08. The van der Waals surface area contributed by atoms with E-state index in [0.717, 1.165) is 15.8 Å². The quantitative estimate of drug-likeness (QED) is 0.944. The van der Waals surface area contributed by atoms with Crippen LogP contribution in [0.5, 0.6) is 11.5 Å². The first-order valence-electron chi connectivity index (χ1n) is 4.25. The molecule has 2 heterocycles. The fourth-order valence-electron chi connectivity index (χ4n) is 1.07. The third kappa shape index (κ3) is 2.59. The summed E-state index contributed by atoms with van der Waals surface area (Å²) in [5.41, 5.74) is 0. The van der Waals surface area contributed by atoms with Crippen molar-refractivity contribution < 1.29 is 14.6 Å². The van der Waals surface area contributed by atoms with E-state index in [-0.39, 0.29) is 4.88 Å². The van der Waals surface area contributed by atoms with E-state index < -0.39 is 5.97 Å². The minimum absolute atomic E-state index is 0.248. The van der Waals surface area contributed by atoms with E-state index in [2.05, 4.69) is 20.9 Å². The van der Waals surface area contributed by atoms with Crippen molar-refractivity contribution in [2.75, 3.05) is 0 Å². The van der Waals surface area contributed by atoms with Gasteiger partial charge in [0.1, 0.15) is 16.4 Å². The van der Waals surface area contributed by atoms with Gasteiger partial charge in [0.05, 0.1) is 6.20 Å². The number of hydrogen-bond donors (Lipinski definition) is 1. The Balaban J connectivity index is 2.17. The number of thiophene rings is 1. The zero-order valence-electron chi connectivity index (χ0n) is 7.88. The Morgan fingerprint density at radius 3 is 2.81 bits per heavy atom. The number of rotatable bonds is 3. The van der Waals surface area contributed by atoms with Gasteiger partial charge in [-0.05, 0) is 22.0 Å². The number of carboxylic acid groups (broad SMARTS) is 1. The third-order valence-electron chi connectivity index (χ3n) is 1.70. The SMILES string of the molecule is O=C(O)c1cc(Oc2cncc(Br)c2)cs1.